The van der Waals surface area contributed by atoms with E-state index in [4.69, 9.17) is 10.00 Å². The van der Waals surface area contributed by atoms with E-state index in [-0.39, 0.29) is 24.6 Å². The van der Waals surface area contributed by atoms with E-state index in [0.717, 1.165) is 12.0 Å². The molecule has 1 aliphatic heterocycles. The topological polar surface area (TPSA) is 120 Å². The number of piperazine rings is 1. The number of aromatic nitrogens is 4. The average molecular weight is 503 g/mol. The smallest absolute Gasteiger partial charge is 0.372 e. The molecule has 1 atom stereocenters. The molecule has 0 aromatic carbocycles. The van der Waals surface area contributed by atoms with E-state index in [1.807, 2.05) is 16.1 Å². The maximum absolute atomic E-state index is 13.4. The molecule has 13 heteroatoms. The van der Waals surface area contributed by atoms with Gasteiger partial charge in [-0.05, 0) is 25.5 Å². The molecule has 4 rings (SSSR count). The SMILES string of the molecule is CC(CCOCC(=O)N1CCN(c2ccc(C#N)cn2)CC1)n1cc(C(F)(F)F)c2c(=O)[nH]ncc21. The zero-order valence-corrected chi connectivity index (χ0v) is 19.5. The number of H-pyrrole nitrogens is 1. The number of anilines is 1. The highest BCUT2D eigenvalue weighted by Crippen LogP contribution is 2.35. The van der Waals surface area contributed by atoms with Crippen molar-refractivity contribution < 1.29 is 22.7 Å². The molecule has 1 fully saturated rings. The number of nitrogens with one attached hydrogen (secondary N) is 1. The average Bonchev–Trinajstić information content (AvgIpc) is 3.28. The summed E-state index contributed by atoms with van der Waals surface area (Å²) >= 11 is 0. The molecule has 4 heterocycles. The Bertz CT molecular complexity index is 1320. The van der Waals surface area contributed by atoms with Gasteiger partial charge in [0, 0.05) is 51.2 Å². The Morgan fingerprint density at radius 3 is 2.64 bits per heavy atom. The molecule has 3 aromatic heterocycles. The number of hydrogen-bond acceptors (Lipinski definition) is 7. The third kappa shape index (κ3) is 5.33. The fourth-order valence-corrected chi connectivity index (χ4v) is 4.17. The van der Waals surface area contributed by atoms with Crippen molar-refractivity contribution in [3.05, 3.63) is 52.2 Å². The number of rotatable bonds is 7. The molecule has 3 aromatic rings. The van der Waals surface area contributed by atoms with E-state index in [1.54, 1.807) is 24.0 Å². The maximum Gasteiger partial charge on any atom is 0.418 e. The first-order valence-electron chi connectivity index (χ1n) is 11.3. The largest absolute Gasteiger partial charge is 0.418 e. The first kappa shape index (κ1) is 25.2. The van der Waals surface area contributed by atoms with Crippen molar-refractivity contribution in [1.82, 2.24) is 24.6 Å². The quantitative estimate of drug-likeness (QED) is 0.492. The van der Waals surface area contributed by atoms with Crippen molar-refractivity contribution >= 4 is 22.6 Å². The number of amides is 1. The number of carbonyl (C=O) groups excluding carboxylic acids is 1. The summed E-state index contributed by atoms with van der Waals surface area (Å²) in [6, 6.07) is 5.07. The van der Waals surface area contributed by atoms with Crippen molar-refractivity contribution in [3.63, 3.8) is 0 Å². The fourth-order valence-electron chi connectivity index (χ4n) is 4.17. The van der Waals surface area contributed by atoms with Crippen molar-refractivity contribution in [1.29, 1.82) is 5.26 Å². The van der Waals surface area contributed by atoms with Gasteiger partial charge in [-0.15, -0.1) is 0 Å². The molecule has 0 bridgehead atoms. The van der Waals surface area contributed by atoms with Gasteiger partial charge >= 0.3 is 6.18 Å². The lowest BCUT2D eigenvalue weighted by atomic mass is 10.2. The molecule has 1 saturated heterocycles. The van der Waals surface area contributed by atoms with Crippen LogP contribution >= 0.6 is 0 Å². The van der Waals surface area contributed by atoms with Gasteiger partial charge in [-0.3, -0.25) is 9.59 Å². The molecule has 36 heavy (non-hydrogen) atoms. The molecule has 1 unspecified atom stereocenters. The van der Waals surface area contributed by atoms with Gasteiger partial charge < -0.3 is 19.1 Å². The van der Waals surface area contributed by atoms with Gasteiger partial charge in [-0.1, -0.05) is 0 Å². The molecule has 1 N–H and O–H groups in total. The summed E-state index contributed by atoms with van der Waals surface area (Å²) in [5.41, 5.74) is -1.35. The normalized spacial score (nSPS) is 15.2. The van der Waals surface area contributed by atoms with Gasteiger partial charge in [0.15, 0.2) is 0 Å². The summed E-state index contributed by atoms with van der Waals surface area (Å²) in [6.45, 7) is 3.91. The van der Waals surface area contributed by atoms with Crippen LogP contribution in [-0.2, 0) is 15.7 Å². The van der Waals surface area contributed by atoms with E-state index in [1.165, 1.54) is 17.0 Å². The Hall–Kier alpha value is -3.92. The predicted molar refractivity (Wildman–Crippen MR) is 123 cm³/mol. The molecule has 10 nitrogen and oxygen atoms in total. The Labute approximate surface area is 203 Å². The zero-order chi connectivity index (χ0) is 25.9. The lowest BCUT2D eigenvalue weighted by Crippen LogP contribution is -2.50. The molecule has 0 spiro atoms. The second-order valence-electron chi connectivity index (χ2n) is 8.48. The molecule has 190 valence electrons. The third-order valence-corrected chi connectivity index (χ3v) is 6.17. The van der Waals surface area contributed by atoms with E-state index in [9.17, 15) is 22.8 Å². The van der Waals surface area contributed by atoms with Crippen molar-refractivity contribution in [2.45, 2.75) is 25.6 Å². The number of halogens is 3. The van der Waals surface area contributed by atoms with Crippen LogP contribution in [0.4, 0.5) is 19.0 Å². The minimum atomic E-state index is -4.68. The second-order valence-corrected chi connectivity index (χ2v) is 8.48. The predicted octanol–water partition coefficient (Wildman–Crippen LogP) is 2.33. The summed E-state index contributed by atoms with van der Waals surface area (Å²) in [7, 11) is 0. The molecular formula is C23H24F3N7O3. The van der Waals surface area contributed by atoms with Gasteiger partial charge in [-0.25, -0.2) is 10.1 Å². The summed E-state index contributed by atoms with van der Waals surface area (Å²) in [4.78, 5) is 32.5. The summed E-state index contributed by atoms with van der Waals surface area (Å²) < 4.78 is 47.2. The second kappa shape index (κ2) is 10.4. The summed E-state index contributed by atoms with van der Waals surface area (Å²) in [6.07, 6.45) is -0.726. The van der Waals surface area contributed by atoms with Crippen LogP contribution in [0.2, 0.25) is 0 Å². The summed E-state index contributed by atoms with van der Waals surface area (Å²) in [5, 5.41) is 14.1. The number of nitriles is 1. The standard InChI is InChI=1S/C23H24F3N7O3/c1-15(33-13-17(23(24,25)26)21-18(33)12-29-30-22(21)35)4-9-36-14-20(34)32-7-5-31(6-8-32)19-3-2-16(10-27)11-28-19/h2-3,11-13,15H,4-9,14H2,1H3,(H,30,35). The fraction of sp³-hybridized carbons (Fsp3) is 0.435. The first-order chi connectivity index (χ1) is 17.2. The Morgan fingerprint density at radius 1 is 1.25 bits per heavy atom. The lowest BCUT2D eigenvalue weighted by molar-refractivity contribution is -0.137. The minimum absolute atomic E-state index is 0.0873. The zero-order valence-electron chi connectivity index (χ0n) is 19.5. The number of pyridine rings is 1. The van der Waals surface area contributed by atoms with E-state index < -0.39 is 28.7 Å². The highest BCUT2D eigenvalue weighted by atomic mass is 19.4. The summed E-state index contributed by atoms with van der Waals surface area (Å²) in [5.74, 6) is 0.575. The number of ether oxygens (including phenoxy) is 1. The van der Waals surface area contributed by atoms with Crippen molar-refractivity contribution in [2.75, 3.05) is 44.3 Å². The van der Waals surface area contributed by atoms with Crippen LogP contribution in [0.25, 0.3) is 10.9 Å². The third-order valence-electron chi connectivity index (χ3n) is 6.17. The number of hydrogen-bond donors (Lipinski definition) is 1. The maximum atomic E-state index is 13.4. The Balaban J connectivity index is 1.27. The Kier molecular flexibility index (Phi) is 7.25. The number of fused-ring (bicyclic) bond motifs is 1. The molecule has 1 amide bonds. The minimum Gasteiger partial charge on any atom is -0.372 e. The van der Waals surface area contributed by atoms with Crippen LogP contribution in [0, 0.1) is 11.3 Å². The van der Waals surface area contributed by atoms with Crippen LogP contribution in [0.15, 0.2) is 35.5 Å². The van der Waals surface area contributed by atoms with Crippen LogP contribution < -0.4 is 10.5 Å². The molecule has 0 radical (unpaired) electrons. The highest BCUT2D eigenvalue weighted by Gasteiger charge is 2.36. The molecule has 0 aliphatic carbocycles. The highest BCUT2D eigenvalue weighted by molar-refractivity contribution is 5.83. The Morgan fingerprint density at radius 2 is 2.00 bits per heavy atom. The van der Waals surface area contributed by atoms with E-state index in [0.29, 0.717) is 38.2 Å². The lowest BCUT2D eigenvalue weighted by Gasteiger charge is -2.35. The van der Waals surface area contributed by atoms with Crippen LogP contribution in [0.5, 0.6) is 0 Å². The van der Waals surface area contributed by atoms with Crippen molar-refractivity contribution in [3.8, 4) is 6.07 Å². The van der Waals surface area contributed by atoms with Gasteiger partial charge in [0.1, 0.15) is 18.5 Å². The van der Waals surface area contributed by atoms with Crippen LogP contribution in [-0.4, -0.2) is 69.9 Å². The first-order valence-corrected chi connectivity index (χ1v) is 11.3. The van der Waals surface area contributed by atoms with Crippen molar-refractivity contribution in [2.24, 2.45) is 0 Å². The number of nitrogens with zero attached hydrogens (tertiary/aromatic N) is 6. The van der Waals surface area contributed by atoms with Gasteiger partial charge in [0.05, 0.1) is 28.2 Å². The monoisotopic (exact) mass is 503 g/mol. The molecular weight excluding hydrogens is 479 g/mol. The van der Waals surface area contributed by atoms with Crippen LogP contribution in [0.1, 0.15) is 30.5 Å². The van der Waals surface area contributed by atoms with E-state index >= 15 is 0 Å². The number of aromatic amines is 1. The van der Waals surface area contributed by atoms with Gasteiger partial charge in [0.25, 0.3) is 5.56 Å². The van der Waals surface area contributed by atoms with Gasteiger partial charge in [-0.2, -0.15) is 23.5 Å². The molecule has 1 aliphatic rings. The van der Waals surface area contributed by atoms with E-state index in [2.05, 4.69) is 10.1 Å². The number of carbonyl (C=O) groups is 1. The van der Waals surface area contributed by atoms with Gasteiger partial charge in [0.2, 0.25) is 5.91 Å². The van der Waals surface area contributed by atoms with Crippen LogP contribution in [0.3, 0.4) is 0 Å². The number of alkyl halides is 3. The molecule has 0 saturated carbocycles.